The van der Waals surface area contributed by atoms with E-state index in [9.17, 15) is 0 Å². The third-order valence-electron chi connectivity index (χ3n) is 1.34. The fraction of sp³-hybridized carbons (Fsp3) is 0.125. The zero-order chi connectivity index (χ0) is 8.27. The molecule has 0 aliphatic carbocycles. The smallest absolute Gasteiger partial charge is 0.0995 e. The van der Waals surface area contributed by atoms with Crippen LogP contribution in [0.4, 0.5) is 0 Å². The summed E-state index contributed by atoms with van der Waals surface area (Å²) in [6, 6.07) is 7.47. The molecule has 0 aliphatic rings. The number of hydrogen-bond donors (Lipinski definition) is 0. The van der Waals surface area contributed by atoms with E-state index in [0.29, 0.717) is 10.6 Å². The second-order valence-electron chi connectivity index (χ2n) is 2.05. The van der Waals surface area contributed by atoms with E-state index in [-0.39, 0.29) is 0 Å². The fourth-order valence-corrected chi connectivity index (χ4v) is 1.61. The SMILES string of the molecule is N#Cc1cc(Cl)ccc1CI. The van der Waals surface area contributed by atoms with Crippen LogP contribution in [-0.4, -0.2) is 0 Å². The minimum Gasteiger partial charge on any atom is -0.192 e. The summed E-state index contributed by atoms with van der Waals surface area (Å²) < 4.78 is 0.845. The zero-order valence-corrected chi connectivity index (χ0v) is 8.56. The molecule has 3 heteroatoms. The molecule has 1 nitrogen and oxygen atoms in total. The van der Waals surface area contributed by atoms with Gasteiger partial charge in [-0.3, -0.25) is 0 Å². The van der Waals surface area contributed by atoms with Crippen LogP contribution in [0, 0.1) is 11.3 Å². The highest BCUT2D eigenvalue weighted by atomic mass is 127. The van der Waals surface area contributed by atoms with Crippen molar-refractivity contribution in [2.45, 2.75) is 4.43 Å². The minimum atomic E-state index is 0.621. The molecule has 0 bridgehead atoms. The van der Waals surface area contributed by atoms with Gasteiger partial charge in [0.15, 0.2) is 0 Å². The van der Waals surface area contributed by atoms with E-state index < -0.39 is 0 Å². The predicted octanol–water partition coefficient (Wildman–Crippen LogP) is 3.15. The van der Waals surface area contributed by atoms with Crippen molar-refractivity contribution in [3.8, 4) is 6.07 Å². The van der Waals surface area contributed by atoms with Crippen molar-refractivity contribution >= 4 is 34.2 Å². The van der Waals surface area contributed by atoms with Gasteiger partial charge in [-0.1, -0.05) is 40.3 Å². The van der Waals surface area contributed by atoms with E-state index in [2.05, 4.69) is 28.7 Å². The van der Waals surface area contributed by atoms with Crippen molar-refractivity contribution < 1.29 is 0 Å². The molecule has 1 aromatic rings. The summed E-state index contributed by atoms with van der Waals surface area (Å²) in [6.45, 7) is 0. The lowest BCUT2D eigenvalue weighted by atomic mass is 10.1. The highest BCUT2D eigenvalue weighted by Crippen LogP contribution is 2.17. The molecule has 1 rings (SSSR count). The monoisotopic (exact) mass is 277 g/mol. The Balaban J connectivity index is 3.19. The molecule has 11 heavy (non-hydrogen) atoms. The molecule has 0 aromatic heterocycles. The van der Waals surface area contributed by atoms with Crippen molar-refractivity contribution in [2.75, 3.05) is 0 Å². The Morgan fingerprint density at radius 3 is 2.82 bits per heavy atom. The normalized spacial score (nSPS) is 9.18. The average Bonchev–Trinajstić information content (AvgIpc) is 2.04. The lowest BCUT2D eigenvalue weighted by molar-refractivity contribution is 1.38. The maximum atomic E-state index is 8.66. The quantitative estimate of drug-likeness (QED) is 0.571. The molecule has 0 amide bonds. The Bertz CT molecular complexity index is 303. The molecule has 0 N–H and O–H groups in total. The number of halogens is 2. The number of rotatable bonds is 1. The summed E-state index contributed by atoms with van der Waals surface area (Å²) in [5.74, 6) is 0. The van der Waals surface area contributed by atoms with E-state index in [1.807, 2.05) is 6.07 Å². The maximum absolute atomic E-state index is 8.66. The largest absolute Gasteiger partial charge is 0.192 e. The summed E-state index contributed by atoms with van der Waals surface area (Å²) in [6.07, 6.45) is 0. The molecular weight excluding hydrogens is 272 g/mol. The maximum Gasteiger partial charge on any atom is 0.0995 e. The molecule has 0 radical (unpaired) electrons. The molecule has 0 saturated carbocycles. The summed E-state index contributed by atoms with van der Waals surface area (Å²) >= 11 is 7.92. The Hall–Kier alpha value is -0.270. The van der Waals surface area contributed by atoms with Crippen LogP contribution in [0.1, 0.15) is 11.1 Å². The van der Waals surface area contributed by atoms with Crippen LogP contribution in [0.5, 0.6) is 0 Å². The Kier molecular flexibility index (Phi) is 3.16. The third-order valence-corrected chi connectivity index (χ3v) is 2.39. The van der Waals surface area contributed by atoms with Gasteiger partial charge in [0.25, 0.3) is 0 Å². The van der Waals surface area contributed by atoms with Crippen molar-refractivity contribution in [3.63, 3.8) is 0 Å². The summed E-state index contributed by atoms with van der Waals surface area (Å²) in [5, 5.41) is 9.28. The first-order valence-corrected chi connectivity index (χ1v) is 4.92. The van der Waals surface area contributed by atoms with Crippen LogP contribution in [0.15, 0.2) is 18.2 Å². The first kappa shape index (κ1) is 8.82. The van der Waals surface area contributed by atoms with E-state index in [1.54, 1.807) is 12.1 Å². The third kappa shape index (κ3) is 2.08. The van der Waals surface area contributed by atoms with E-state index in [0.717, 1.165) is 9.99 Å². The standard InChI is InChI=1S/C8H5ClIN/c9-8-2-1-6(4-10)7(3-8)5-11/h1-3H,4H2. The molecule has 0 aliphatic heterocycles. The van der Waals surface area contributed by atoms with Gasteiger partial charge in [-0.2, -0.15) is 5.26 Å². The summed E-state index contributed by atoms with van der Waals surface area (Å²) in [5.41, 5.74) is 1.71. The van der Waals surface area contributed by atoms with E-state index in [1.165, 1.54) is 0 Å². The van der Waals surface area contributed by atoms with E-state index in [4.69, 9.17) is 16.9 Å². The highest BCUT2D eigenvalue weighted by Gasteiger charge is 1.99. The summed E-state index contributed by atoms with van der Waals surface area (Å²) in [7, 11) is 0. The minimum absolute atomic E-state index is 0.621. The van der Waals surface area contributed by atoms with Crippen molar-refractivity contribution in [3.05, 3.63) is 34.3 Å². The summed E-state index contributed by atoms with van der Waals surface area (Å²) in [4.78, 5) is 0. The average molecular weight is 277 g/mol. The molecule has 0 atom stereocenters. The van der Waals surface area contributed by atoms with Gasteiger partial charge in [-0.15, -0.1) is 0 Å². The van der Waals surface area contributed by atoms with Crippen molar-refractivity contribution in [1.82, 2.24) is 0 Å². The van der Waals surface area contributed by atoms with Gasteiger partial charge in [0, 0.05) is 9.45 Å². The van der Waals surface area contributed by atoms with Gasteiger partial charge < -0.3 is 0 Å². The van der Waals surface area contributed by atoms with Crippen LogP contribution >= 0.6 is 34.2 Å². The molecule has 0 unspecified atom stereocenters. The zero-order valence-electron chi connectivity index (χ0n) is 5.64. The van der Waals surface area contributed by atoms with Gasteiger partial charge in [-0.25, -0.2) is 0 Å². The van der Waals surface area contributed by atoms with Gasteiger partial charge in [0.1, 0.15) is 0 Å². The number of nitrogens with zero attached hydrogens (tertiary/aromatic N) is 1. The molecule has 0 saturated heterocycles. The molecule has 0 fully saturated rings. The van der Waals surface area contributed by atoms with Gasteiger partial charge in [0.05, 0.1) is 11.6 Å². The number of alkyl halides is 1. The first-order valence-electron chi connectivity index (χ1n) is 3.02. The van der Waals surface area contributed by atoms with Crippen molar-refractivity contribution in [2.24, 2.45) is 0 Å². The topological polar surface area (TPSA) is 23.8 Å². The molecule has 0 heterocycles. The lowest BCUT2D eigenvalue weighted by Crippen LogP contribution is -1.83. The first-order chi connectivity index (χ1) is 5.27. The Morgan fingerprint density at radius 2 is 2.27 bits per heavy atom. The van der Waals surface area contributed by atoms with Crippen LogP contribution in [-0.2, 0) is 4.43 Å². The molecule has 0 spiro atoms. The van der Waals surface area contributed by atoms with Gasteiger partial charge in [-0.05, 0) is 17.7 Å². The Morgan fingerprint density at radius 1 is 1.55 bits per heavy atom. The number of nitriles is 1. The molecule has 1 aromatic carbocycles. The molecular formula is C8H5ClIN. The molecule has 56 valence electrons. The predicted molar refractivity (Wildman–Crippen MR) is 53.9 cm³/mol. The van der Waals surface area contributed by atoms with Gasteiger partial charge in [0.2, 0.25) is 0 Å². The van der Waals surface area contributed by atoms with Crippen LogP contribution in [0.2, 0.25) is 5.02 Å². The second kappa shape index (κ2) is 3.93. The van der Waals surface area contributed by atoms with Crippen molar-refractivity contribution in [1.29, 1.82) is 5.26 Å². The van der Waals surface area contributed by atoms with Crippen LogP contribution in [0.25, 0.3) is 0 Å². The van der Waals surface area contributed by atoms with E-state index >= 15 is 0 Å². The Labute approximate surface area is 84.1 Å². The van der Waals surface area contributed by atoms with Crippen LogP contribution in [0.3, 0.4) is 0 Å². The van der Waals surface area contributed by atoms with Crippen LogP contribution < -0.4 is 0 Å². The van der Waals surface area contributed by atoms with Gasteiger partial charge >= 0.3 is 0 Å². The highest BCUT2D eigenvalue weighted by molar-refractivity contribution is 14.1. The second-order valence-corrected chi connectivity index (χ2v) is 3.25. The fourth-order valence-electron chi connectivity index (χ4n) is 0.769. The number of hydrogen-bond acceptors (Lipinski definition) is 1. The lowest BCUT2D eigenvalue weighted by Gasteiger charge is -1.97. The number of benzene rings is 1.